The van der Waals surface area contributed by atoms with Crippen molar-refractivity contribution in [1.29, 1.82) is 0 Å². The van der Waals surface area contributed by atoms with Crippen LogP contribution in [0.4, 0.5) is 17.6 Å². The predicted octanol–water partition coefficient (Wildman–Crippen LogP) is 4.47. The molecule has 148 valence electrons. The highest BCUT2D eigenvalue weighted by atomic mass is 31.1. The molecule has 5 nitrogen and oxygen atoms in total. The van der Waals surface area contributed by atoms with Gasteiger partial charge in [-0.2, -0.15) is 17.6 Å². The summed E-state index contributed by atoms with van der Waals surface area (Å²) >= 11 is 0. The van der Waals surface area contributed by atoms with Crippen LogP contribution in [0.3, 0.4) is 0 Å². The smallest absolute Gasteiger partial charge is 0.290 e. The molecule has 0 unspecified atom stereocenters. The number of ketones is 2. The Hall–Kier alpha value is -0.920. The Labute approximate surface area is 149 Å². The summed E-state index contributed by atoms with van der Waals surface area (Å²) in [7, 11) is -3.12. The van der Waals surface area contributed by atoms with Gasteiger partial charge in [-0.3, -0.25) is 9.59 Å². The molecule has 26 heavy (non-hydrogen) atoms. The average Bonchev–Trinajstić information content (AvgIpc) is 3.30. The van der Waals surface area contributed by atoms with Crippen molar-refractivity contribution < 1.29 is 40.8 Å². The first kappa shape index (κ1) is 21.4. The standard InChI is InChI=1S/C16H22F4O5P/c17-15(18,11-5-1-2-6-11)13(21)9-24-26(23)25-10-14(22)16(19,20)12-7-3-4-8-12/h11-12H,1-10H2/q+1. The molecule has 0 bridgehead atoms. The molecule has 0 N–H and O–H groups in total. The van der Waals surface area contributed by atoms with Gasteiger partial charge in [-0.25, -0.2) is 0 Å². The molecular weight excluding hydrogens is 379 g/mol. The van der Waals surface area contributed by atoms with E-state index in [0.717, 1.165) is 0 Å². The molecule has 2 aliphatic carbocycles. The van der Waals surface area contributed by atoms with Gasteiger partial charge in [-0.05, 0) is 25.7 Å². The Morgan fingerprint density at radius 3 is 1.38 bits per heavy atom. The second kappa shape index (κ2) is 8.85. The molecule has 2 rings (SSSR count). The van der Waals surface area contributed by atoms with E-state index in [1.54, 1.807) is 0 Å². The quantitative estimate of drug-likeness (QED) is 0.399. The van der Waals surface area contributed by atoms with E-state index in [1.807, 2.05) is 0 Å². The van der Waals surface area contributed by atoms with Crippen LogP contribution in [0, 0.1) is 11.8 Å². The normalized spacial score (nSPS) is 19.8. The molecular formula is C16H22F4O5P+. The van der Waals surface area contributed by atoms with Crippen LogP contribution in [0.15, 0.2) is 0 Å². The summed E-state index contributed by atoms with van der Waals surface area (Å²) in [5.41, 5.74) is 0. The van der Waals surface area contributed by atoms with Crippen molar-refractivity contribution in [2.75, 3.05) is 13.2 Å². The van der Waals surface area contributed by atoms with Gasteiger partial charge in [0.05, 0.1) is 0 Å². The van der Waals surface area contributed by atoms with E-state index in [1.165, 1.54) is 0 Å². The van der Waals surface area contributed by atoms with E-state index in [9.17, 15) is 31.7 Å². The van der Waals surface area contributed by atoms with Crippen LogP contribution in [-0.4, -0.2) is 36.6 Å². The zero-order chi connectivity index (χ0) is 19.4. The number of rotatable bonds is 10. The summed E-state index contributed by atoms with van der Waals surface area (Å²) < 4.78 is 75.8. The minimum Gasteiger partial charge on any atom is -0.290 e. The van der Waals surface area contributed by atoms with Crippen molar-refractivity contribution in [3.05, 3.63) is 0 Å². The summed E-state index contributed by atoms with van der Waals surface area (Å²) in [4.78, 5) is 23.2. The van der Waals surface area contributed by atoms with Crippen LogP contribution in [0.2, 0.25) is 0 Å². The third kappa shape index (κ3) is 5.08. The minimum atomic E-state index is -3.59. The third-order valence-corrected chi connectivity index (χ3v) is 5.76. The molecule has 2 saturated carbocycles. The first-order valence-corrected chi connectivity index (χ1v) is 9.80. The molecule has 0 amide bonds. The lowest BCUT2D eigenvalue weighted by Crippen LogP contribution is -2.38. The number of carbonyl (C=O) groups excluding carboxylic acids is 2. The van der Waals surface area contributed by atoms with Crippen LogP contribution >= 0.6 is 8.25 Å². The third-order valence-electron chi connectivity index (χ3n) is 5.08. The topological polar surface area (TPSA) is 69.7 Å². The molecule has 2 fully saturated rings. The minimum absolute atomic E-state index is 0.228. The summed E-state index contributed by atoms with van der Waals surface area (Å²) in [6.07, 6.45) is 3.37. The van der Waals surface area contributed by atoms with Crippen molar-refractivity contribution in [2.24, 2.45) is 11.8 Å². The summed E-state index contributed by atoms with van der Waals surface area (Å²) in [6, 6.07) is 0. The Morgan fingerprint density at radius 2 is 1.08 bits per heavy atom. The van der Waals surface area contributed by atoms with Gasteiger partial charge in [0, 0.05) is 16.4 Å². The van der Waals surface area contributed by atoms with Gasteiger partial charge in [0.25, 0.3) is 0 Å². The molecule has 2 aliphatic rings. The van der Waals surface area contributed by atoms with E-state index in [2.05, 4.69) is 9.05 Å². The van der Waals surface area contributed by atoms with Crippen LogP contribution in [0.25, 0.3) is 0 Å². The van der Waals surface area contributed by atoms with Gasteiger partial charge >= 0.3 is 20.1 Å². The van der Waals surface area contributed by atoms with Gasteiger partial charge in [-0.15, -0.1) is 9.05 Å². The molecule has 0 aromatic carbocycles. The lowest BCUT2D eigenvalue weighted by atomic mass is 9.96. The van der Waals surface area contributed by atoms with Crippen LogP contribution in [0.5, 0.6) is 0 Å². The van der Waals surface area contributed by atoms with E-state index in [0.29, 0.717) is 25.7 Å². The molecule has 0 aromatic heterocycles. The zero-order valence-corrected chi connectivity index (χ0v) is 15.1. The molecule has 0 aromatic rings. The largest absolute Gasteiger partial charge is 0.698 e. The van der Waals surface area contributed by atoms with Crippen molar-refractivity contribution in [2.45, 2.75) is 63.2 Å². The van der Waals surface area contributed by atoms with E-state index < -0.39 is 56.7 Å². The fraction of sp³-hybridized carbons (Fsp3) is 0.875. The number of Topliss-reactive ketones (excluding diaryl/α,β-unsaturated/α-hetero) is 2. The molecule has 0 saturated heterocycles. The first-order valence-electron chi connectivity index (χ1n) is 8.71. The van der Waals surface area contributed by atoms with Crippen molar-refractivity contribution in [3.63, 3.8) is 0 Å². The van der Waals surface area contributed by atoms with Crippen molar-refractivity contribution in [3.8, 4) is 0 Å². The molecule has 0 atom stereocenters. The molecule has 0 aliphatic heterocycles. The number of halogens is 4. The molecule has 0 heterocycles. The van der Waals surface area contributed by atoms with Crippen molar-refractivity contribution >= 4 is 19.8 Å². The SMILES string of the molecule is O=C(CO[P+](=O)OCC(=O)C(F)(F)C1CCCC1)C(F)(F)C1CCCC1. The van der Waals surface area contributed by atoms with Gasteiger partial charge in [-0.1, -0.05) is 25.7 Å². The molecule has 10 heteroatoms. The fourth-order valence-corrected chi connectivity index (χ4v) is 4.00. The highest BCUT2D eigenvalue weighted by Crippen LogP contribution is 2.40. The predicted molar refractivity (Wildman–Crippen MR) is 83.3 cm³/mol. The van der Waals surface area contributed by atoms with E-state index in [4.69, 9.17) is 0 Å². The Morgan fingerprint density at radius 1 is 0.769 bits per heavy atom. The van der Waals surface area contributed by atoms with Crippen LogP contribution < -0.4 is 0 Å². The summed E-state index contributed by atoms with van der Waals surface area (Å²) in [6.45, 7) is -2.32. The maximum absolute atomic E-state index is 13.9. The Bertz CT molecular complexity index is 497. The van der Waals surface area contributed by atoms with Gasteiger partial charge in [0.15, 0.2) is 13.2 Å². The highest BCUT2D eigenvalue weighted by molar-refractivity contribution is 7.33. The number of hydrogen-bond donors (Lipinski definition) is 0. The van der Waals surface area contributed by atoms with Crippen LogP contribution in [0.1, 0.15) is 51.4 Å². The Balaban J connectivity index is 1.74. The summed E-state index contributed by atoms with van der Waals surface area (Å²) in [5.74, 6) is -12.4. The number of carbonyl (C=O) groups is 2. The Kier molecular flexibility index (Phi) is 7.27. The average molecular weight is 401 g/mol. The molecule has 0 spiro atoms. The second-order valence-corrected chi connectivity index (χ2v) is 7.79. The fourth-order valence-electron chi connectivity index (χ4n) is 3.48. The lowest BCUT2D eigenvalue weighted by Gasteiger charge is -2.20. The van der Waals surface area contributed by atoms with Gasteiger partial charge < -0.3 is 0 Å². The maximum Gasteiger partial charge on any atom is 0.698 e. The number of hydrogen-bond acceptors (Lipinski definition) is 5. The van der Waals surface area contributed by atoms with Gasteiger partial charge in [0.2, 0.25) is 11.6 Å². The molecule has 0 radical (unpaired) electrons. The second-order valence-electron chi connectivity index (χ2n) is 6.83. The van der Waals surface area contributed by atoms with Crippen LogP contribution in [-0.2, 0) is 23.2 Å². The number of alkyl halides is 4. The van der Waals surface area contributed by atoms with E-state index >= 15 is 0 Å². The van der Waals surface area contributed by atoms with Gasteiger partial charge in [0.1, 0.15) is 0 Å². The first-order chi connectivity index (χ1) is 12.2. The maximum atomic E-state index is 13.9. The summed E-state index contributed by atoms with van der Waals surface area (Å²) in [5, 5.41) is 0. The van der Waals surface area contributed by atoms with E-state index in [-0.39, 0.29) is 25.7 Å². The monoisotopic (exact) mass is 401 g/mol. The zero-order valence-electron chi connectivity index (χ0n) is 14.2. The van der Waals surface area contributed by atoms with Crippen molar-refractivity contribution in [1.82, 2.24) is 0 Å². The highest BCUT2D eigenvalue weighted by Gasteiger charge is 2.50. The lowest BCUT2D eigenvalue weighted by molar-refractivity contribution is -0.154.